The van der Waals surface area contributed by atoms with Crippen LogP contribution in [0.15, 0.2) is 235 Å². The van der Waals surface area contributed by atoms with Crippen molar-refractivity contribution in [2.45, 2.75) is 135 Å². The Hall–Kier alpha value is -7.38. The largest absolute Gasteiger partial charge is 0.501 e. The predicted molar refractivity (Wildman–Crippen MR) is 354 cm³/mol. The minimum atomic E-state index is 0.233. The molecule has 0 radical (unpaired) electrons. The maximum atomic E-state index is 5.81. The molecule has 6 aromatic carbocycles. The van der Waals surface area contributed by atoms with Crippen LogP contribution in [-0.4, -0.2) is 18.3 Å². The molecule has 0 aliphatic heterocycles. The third-order valence-electron chi connectivity index (χ3n) is 21.3. The number of rotatable bonds is 16. The van der Waals surface area contributed by atoms with Crippen LogP contribution in [0.4, 0.5) is 0 Å². The Morgan fingerprint density at radius 3 is 1.50 bits per heavy atom. The lowest BCUT2D eigenvalue weighted by atomic mass is 9.50. The molecule has 7 nitrogen and oxygen atoms in total. The van der Waals surface area contributed by atoms with E-state index in [2.05, 4.69) is 91.1 Å². The first-order valence-corrected chi connectivity index (χ1v) is 31.7. The Bertz CT molecular complexity index is 3110. The lowest BCUT2D eigenvalue weighted by Gasteiger charge is -2.56. The standard InChI is InChI=1S/2C13H20O.C12H18O.2C12H10O.C9H10O.C8H8O/c1-5-14-10-8-9-6-7-13(9)11(2,3)12(10,13)4;1-2-14-9-13-6-10-3-11(7-13)5-12(4-10)8-13;1-2-13-12-6-9-3-10(7-12)5-11(4-9)8-12;1-2-13-12-9-5-7-10-6-3-4-8-11(10)12;1-2-13-12-8-7-10-5-3-4-6-11(10)9-12;1-2-10-8-9-6-4-3-5-7-9;1-2-9-8-6-4-3-5-7-8/h5,9-10H,1,6-8H2,2-4H3;2,10-12H,1,3-9H2;2,9-11H,1,3-8H2;2*2-9H,1H2;2-7H,1,8H2;2-7H,1H2. The lowest BCUT2D eigenvalue weighted by Crippen LogP contribution is -2.51. The van der Waals surface area contributed by atoms with Crippen LogP contribution in [0.1, 0.15) is 123 Å². The van der Waals surface area contributed by atoms with Crippen LogP contribution in [0.3, 0.4) is 0 Å². The number of para-hydroxylation sites is 1. The summed E-state index contributed by atoms with van der Waals surface area (Å²) in [5, 5.41) is 4.70. The van der Waals surface area contributed by atoms with E-state index in [9.17, 15) is 0 Å². The van der Waals surface area contributed by atoms with Gasteiger partial charge in [0.2, 0.25) is 0 Å². The topological polar surface area (TPSA) is 64.6 Å². The van der Waals surface area contributed by atoms with E-state index in [0.717, 1.165) is 70.7 Å². The zero-order valence-electron chi connectivity index (χ0n) is 51.8. The van der Waals surface area contributed by atoms with Gasteiger partial charge in [0.25, 0.3) is 0 Å². The van der Waals surface area contributed by atoms with Gasteiger partial charge in [-0.15, -0.1) is 0 Å². The summed E-state index contributed by atoms with van der Waals surface area (Å²) < 4.78 is 37.4. The molecule has 11 saturated carbocycles. The first-order valence-electron chi connectivity index (χ1n) is 31.7. The Balaban J connectivity index is 0.000000121. The van der Waals surface area contributed by atoms with E-state index in [1.165, 1.54) is 143 Å². The minimum absolute atomic E-state index is 0.233. The first kappa shape index (κ1) is 63.1. The lowest BCUT2D eigenvalue weighted by molar-refractivity contribution is -0.130. The van der Waals surface area contributed by atoms with Crippen molar-refractivity contribution in [2.75, 3.05) is 6.61 Å². The second-order valence-corrected chi connectivity index (χ2v) is 26.5. The molecule has 0 saturated heterocycles. The zero-order chi connectivity index (χ0) is 60.6. The average molecular weight is 1160 g/mol. The van der Waals surface area contributed by atoms with Gasteiger partial charge in [-0.25, -0.2) is 0 Å². The molecule has 17 rings (SSSR count). The Morgan fingerprint density at radius 2 is 0.977 bits per heavy atom. The molecule has 7 heteroatoms. The zero-order valence-corrected chi connectivity index (χ0v) is 51.8. The molecule has 0 heterocycles. The molecule has 11 aliphatic rings. The smallest absolute Gasteiger partial charge is 0.134 e. The Kier molecular flexibility index (Phi) is 21.2. The Labute approximate surface area is 515 Å². The van der Waals surface area contributed by atoms with Gasteiger partial charge >= 0.3 is 0 Å². The highest BCUT2D eigenvalue weighted by Crippen LogP contribution is 2.93. The van der Waals surface area contributed by atoms with E-state index < -0.39 is 0 Å². The molecular weight excluding hydrogens is 1060 g/mol. The molecule has 8 bridgehead atoms. The third-order valence-corrected chi connectivity index (χ3v) is 21.3. The Morgan fingerprint density at radius 1 is 0.453 bits per heavy atom. The minimum Gasteiger partial charge on any atom is -0.501 e. The molecule has 86 heavy (non-hydrogen) atoms. The van der Waals surface area contributed by atoms with Crippen molar-refractivity contribution >= 4 is 21.5 Å². The maximum absolute atomic E-state index is 5.81. The normalized spacial score (nSPS) is 30.0. The SMILES string of the molecule is C=COC12CC3CC(CC(C3)C1)C2.C=COC1CC2CCC23C(C)(C)C13C.C=COCC12CC3CC(CC(C3)C1)C2.C=COCc1ccccc1.C=COc1ccc2ccccc2c1.C=COc1cccc2ccccc12.C=COc1ccccc1. The van der Waals surface area contributed by atoms with Gasteiger partial charge in [0.1, 0.15) is 35.6 Å². The molecule has 6 aromatic rings. The molecule has 1 spiro atoms. The van der Waals surface area contributed by atoms with Gasteiger partial charge in [0, 0.05) is 16.2 Å². The molecule has 11 fully saturated rings. The average Bonchev–Trinajstić information content (AvgIpc) is 1.44. The third kappa shape index (κ3) is 14.2. The van der Waals surface area contributed by atoms with Gasteiger partial charge in [0.05, 0.1) is 50.4 Å². The maximum Gasteiger partial charge on any atom is 0.134 e. The summed E-state index contributed by atoms with van der Waals surface area (Å²) in [4.78, 5) is 0. The van der Waals surface area contributed by atoms with E-state index in [4.69, 9.17) is 33.2 Å². The van der Waals surface area contributed by atoms with Crippen LogP contribution >= 0.6 is 0 Å². The van der Waals surface area contributed by atoms with E-state index in [0.29, 0.717) is 34.4 Å². The van der Waals surface area contributed by atoms with Gasteiger partial charge in [0.15, 0.2) is 0 Å². The number of fused-ring (bicyclic) bond motifs is 2. The number of hydrogen-bond acceptors (Lipinski definition) is 7. The van der Waals surface area contributed by atoms with Crippen LogP contribution in [0.25, 0.3) is 21.5 Å². The highest BCUT2D eigenvalue weighted by atomic mass is 16.5. The fourth-order valence-corrected chi connectivity index (χ4v) is 18.3. The van der Waals surface area contributed by atoms with Crippen molar-refractivity contribution in [2.24, 2.45) is 63.1 Å². The molecule has 11 aliphatic carbocycles. The second kappa shape index (κ2) is 28.9. The van der Waals surface area contributed by atoms with Crippen molar-refractivity contribution in [3.63, 3.8) is 0 Å². The first-order chi connectivity index (χ1) is 41.8. The van der Waals surface area contributed by atoms with Crippen molar-refractivity contribution in [3.8, 4) is 17.2 Å². The fourth-order valence-electron chi connectivity index (χ4n) is 18.3. The molecule has 454 valence electrons. The monoisotopic (exact) mass is 1160 g/mol. The quantitative estimate of drug-likeness (QED) is 0.0895. The number of hydrogen-bond donors (Lipinski definition) is 0. The van der Waals surface area contributed by atoms with E-state index in [1.54, 1.807) is 18.8 Å². The van der Waals surface area contributed by atoms with E-state index in [1.807, 2.05) is 121 Å². The van der Waals surface area contributed by atoms with Crippen LogP contribution < -0.4 is 14.2 Å². The predicted octanol–water partition coefficient (Wildman–Crippen LogP) is 21.1. The molecule has 0 N–H and O–H groups in total. The molecule has 4 atom stereocenters. The van der Waals surface area contributed by atoms with Crippen molar-refractivity contribution in [1.82, 2.24) is 0 Å². The summed E-state index contributed by atoms with van der Waals surface area (Å²) in [6.45, 7) is 33.9. The summed E-state index contributed by atoms with van der Waals surface area (Å²) >= 11 is 0. The molecule has 0 aromatic heterocycles. The fraction of sp³-hybridized carbons (Fsp3) is 0.418. The summed E-state index contributed by atoms with van der Waals surface area (Å²) in [7, 11) is 0. The highest BCUT2D eigenvalue weighted by Gasteiger charge is 2.90. The van der Waals surface area contributed by atoms with Crippen LogP contribution in [0.2, 0.25) is 0 Å². The van der Waals surface area contributed by atoms with Crippen LogP contribution in [0, 0.1) is 63.1 Å². The molecular formula is C79H96O7. The number of benzene rings is 6. The number of ether oxygens (including phenoxy) is 7. The van der Waals surface area contributed by atoms with Crippen LogP contribution in [0.5, 0.6) is 17.2 Å². The summed E-state index contributed by atoms with van der Waals surface area (Å²) in [5.41, 5.74) is 3.52. The highest BCUT2D eigenvalue weighted by molar-refractivity contribution is 5.88. The van der Waals surface area contributed by atoms with Crippen molar-refractivity contribution in [1.29, 1.82) is 0 Å². The van der Waals surface area contributed by atoms with Gasteiger partial charge in [-0.3, -0.25) is 0 Å². The van der Waals surface area contributed by atoms with Crippen LogP contribution in [-0.2, 0) is 25.6 Å². The molecule has 0 amide bonds. The van der Waals surface area contributed by atoms with E-state index in [-0.39, 0.29) is 5.60 Å². The van der Waals surface area contributed by atoms with Gasteiger partial charge in [-0.05, 0) is 201 Å². The van der Waals surface area contributed by atoms with Gasteiger partial charge < -0.3 is 33.2 Å². The second-order valence-electron chi connectivity index (χ2n) is 26.5. The van der Waals surface area contributed by atoms with E-state index >= 15 is 0 Å². The van der Waals surface area contributed by atoms with Gasteiger partial charge in [-0.1, -0.05) is 182 Å². The summed E-state index contributed by atoms with van der Waals surface area (Å²) in [5.74, 6) is 9.49. The van der Waals surface area contributed by atoms with Crippen molar-refractivity contribution in [3.05, 3.63) is 241 Å². The summed E-state index contributed by atoms with van der Waals surface area (Å²) in [6.07, 6.45) is 32.5. The molecule has 4 unspecified atom stereocenters. The van der Waals surface area contributed by atoms with Crippen molar-refractivity contribution < 1.29 is 33.2 Å². The summed E-state index contributed by atoms with van der Waals surface area (Å²) in [6, 6.07) is 47.7. The van der Waals surface area contributed by atoms with Gasteiger partial charge in [-0.2, -0.15) is 0 Å².